The standard InChI is InChI=1S/C11H18O4/c1-5-15-10(14)11(4,9(12)13)7-6-8(2)3/h6H,5,7H2,1-4H3,(H,12,13). The first kappa shape index (κ1) is 13.7. The lowest BCUT2D eigenvalue weighted by Crippen LogP contribution is -2.37. The van der Waals surface area contributed by atoms with E-state index >= 15 is 0 Å². The van der Waals surface area contributed by atoms with Crippen molar-refractivity contribution in [3.63, 3.8) is 0 Å². The summed E-state index contributed by atoms with van der Waals surface area (Å²) in [4.78, 5) is 22.5. The molecule has 0 saturated carbocycles. The number of carbonyl (C=O) groups is 2. The number of rotatable bonds is 5. The Morgan fingerprint density at radius 2 is 1.93 bits per heavy atom. The Kier molecular flexibility index (Phi) is 5.05. The predicted molar refractivity (Wildman–Crippen MR) is 56.4 cm³/mol. The Balaban J connectivity index is 4.82. The van der Waals surface area contributed by atoms with E-state index in [1.807, 2.05) is 13.8 Å². The highest BCUT2D eigenvalue weighted by molar-refractivity contribution is 5.98. The second-order valence-electron chi connectivity index (χ2n) is 3.84. The van der Waals surface area contributed by atoms with Gasteiger partial charge < -0.3 is 9.84 Å². The molecule has 1 N–H and O–H groups in total. The quantitative estimate of drug-likeness (QED) is 0.432. The molecule has 0 aromatic heterocycles. The topological polar surface area (TPSA) is 63.6 Å². The number of allylic oxidation sites excluding steroid dienone is 2. The van der Waals surface area contributed by atoms with E-state index in [1.54, 1.807) is 13.0 Å². The lowest BCUT2D eigenvalue weighted by Gasteiger charge is -2.20. The molecule has 0 bridgehead atoms. The summed E-state index contributed by atoms with van der Waals surface area (Å²) in [7, 11) is 0. The third-order valence-electron chi connectivity index (χ3n) is 2.12. The number of ether oxygens (including phenoxy) is 1. The Labute approximate surface area is 89.9 Å². The van der Waals surface area contributed by atoms with Gasteiger partial charge in [-0.1, -0.05) is 11.6 Å². The summed E-state index contributed by atoms with van der Waals surface area (Å²) < 4.78 is 4.75. The van der Waals surface area contributed by atoms with Gasteiger partial charge in [0.2, 0.25) is 0 Å². The Bertz CT molecular complexity index is 276. The van der Waals surface area contributed by atoms with Gasteiger partial charge in [0, 0.05) is 0 Å². The molecule has 0 saturated heterocycles. The molecule has 15 heavy (non-hydrogen) atoms. The van der Waals surface area contributed by atoms with Gasteiger partial charge in [0.25, 0.3) is 0 Å². The van der Waals surface area contributed by atoms with Crippen molar-refractivity contribution in [3.8, 4) is 0 Å². The third-order valence-corrected chi connectivity index (χ3v) is 2.12. The second-order valence-corrected chi connectivity index (χ2v) is 3.84. The minimum Gasteiger partial charge on any atom is -0.480 e. The van der Waals surface area contributed by atoms with Crippen molar-refractivity contribution in [2.75, 3.05) is 6.61 Å². The molecule has 0 rings (SSSR count). The number of hydrogen-bond donors (Lipinski definition) is 1. The van der Waals surface area contributed by atoms with Gasteiger partial charge in [-0.3, -0.25) is 9.59 Å². The fraction of sp³-hybridized carbons (Fsp3) is 0.636. The van der Waals surface area contributed by atoms with Crippen LogP contribution in [0.4, 0.5) is 0 Å². The van der Waals surface area contributed by atoms with Crippen molar-refractivity contribution in [2.45, 2.75) is 34.1 Å². The van der Waals surface area contributed by atoms with Crippen LogP contribution < -0.4 is 0 Å². The highest BCUT2D eigenvalue weighted by Gasteiger charge is 2.41. The molecule has 0 aliphatic rings. The maximum Gasteiger partial charge on any atom is 0.323 e. The van der Waals surface area contributed by atoms with E-state index in [4.69, 9.17) is 9.84 Å². The first-order valence-electron chi connectivity index (χ1n) is 4.88. The lowest BCUT2D eigenvalue weighted by molar-refractivity contribution is -0.166. The maximum atomic E-state index is 11.5. The fourth-order valence-corrected chi connectivity index (χ4v) is 0.957. The highest BCUT2D eigenvalue weighted by Crippen LogP contribution is 2.25. The Morgan fingerprint density at radius 3 is 2.27 bits per heavy atom. The van der Waals surface area contributed by atoms with Gasteiger partial charge in [0.1, 0.15) is 0 Å². The molecule has 0 aromatic carbocycles. The number of esters is 1. The van der Waals surface area contributed by atoms with Gasteiger partial charge in [-0.25, -0.2) is 0 Å². The SMILES string of the molecule is CCOC(=O)C(C)(CC=C(C)C)C(=O)O. The van der Waals surface area contributed by atoms with E-state index in [2.05, 4.69) is 0 Å². The Morgan fingerprint density at radius 1 is 1.40 bits per heavy atom. The summed E-state index contributed by atoms with van der Waals surface area (Å²) in [6.45, 7) is 6.94. The molecular formula is C11H18O4. The van der Waals surface area contributed by atoms with Gasteiger partial charge in [0.15, 0.2) is 5.41 Å². The van der Waals surface area contributed by atoms with Crippen LogP contribution in [0.2, 0.25) is 0 Å². The van der Waals surface area contributed by atoms with Crippen molar-refractivity contribution >= 4 is 11.9 Å². The van der Waals surface area contributed by atoms with Gasteiger partial charge in [-0.15, -0.1) is 0 Å². The van der Waals surface area contributed by atoms with Crippen LogP contribution >= 0.6 is 0 Å². The number of carboxylic acid groups (broad SMARTS) is 1. The molecule has 4 heteroatoms. The molecule has 0 aliphatic carbocycles. The Hall–Kier alpha value is -1.32. The van der Waals surface area contributed by atoms with Crippen LogP contribution in [0.5, 0.6) is 0 Å². The fourth-order valence-electron chi connectivity index (χ4n) is 0.957. The zero-order valence-electron chi connectivity index (χ0n) is 9.66. The minimum atomic E-state index is -1.48. The molecule has 0 fully saturated rings. The van der Waals surface area contributed by atoms with Crippen LogP contribution in [-0.4, -0.2) is 23.7 Å². The first-order valence-corrected chi connectivity index (χ1v) is 4.88. The van der Waals surface area contributed by atoms with Gasteiger partial charge in [-0.05, 0) is 34.1 Å². The van der Waals surface area contributed by atoms with Gasteiger partial charge in [0.05, 0.1) is 6.61 Å². The average molecular weight is 214 g/mol. The van der Waals surface area contributed by atoms with Gasteiger partial charge in [-0.2, -0.15) is 0 Å². The third kappa shape index (κ3) is 3.73. The van der Waals surface area contributed by atoms with E-state index in [0.29, 0.717) is 0 Å². The predicted octanol–water partition coefficient (Wildman–Crippen LogP) is 2.00. The number of carboxylic acids is 1. The largest absolute Gasteiger partial charge is 0.480 e. The van der Waals surface area contributed by atoms with Crippen LogP contribution in [0, 0.1) is 5.41 Å². The van der Waals surface area contributed by atoms with Crippen LogP contribution in [-0.2, 0) is 14.3 Å². The van der Waals surface area contributed by atoms with Crippen LogP contribution in [0.1, 0.15) is 34.1 Å². The summed E-state index contributed by atoms with van der Waals surface area (Å²) in [5.41, 5.74) is -0.500. The number of carbonyl (C=O) groups excluding carboxylic acids is 1. The molecule has 0 radical (unpaired) electrons. The molecule has 1 unspecified atom stereocenters. The van der Waals surface area contributed by atoms with E-state index in [9.17, 15) is 9.59 Å². The van der Waals surface area contributed by atoms with Crippen molar-refractivity contribution in [1.29, 1.82) is 0 Å². The average Bonchev–Trinajstić information content (AvgIpc) is 2.14. The molecule has 1 atom stereocenters. The summed E-state index contributed by atoms with van der Waals surface area (Å²) in [6.07, 6.45) is 1.88. The minimum absolute atomic E-state index is 0.156. The highest BCUT2D eigenvalue weighted by atomic mass is 16.5. The summed E-state index contributed by atoms with van der Waals surface area (Å²) in [6, 6.07) is 0. The molecule has 0 aliphatic heterocycles. The summed E-state index contributed by atoms with van der Waals surface area (Å²) >= 11 is 0. The normalized spacial score (nSPS) is 13.9. The summed E-state index contributed by atoms with van der Waals surface area (Å²) in [5.74, 6) is -1.84. The van der Waals surface area contributed by atoms with Crippen LogP contribution in [0.25, 0.3) is 0 Å². The van der Waals surface area contributed by atoms with Crippen molar-refractivity contribution in [2.24, 2.45) is 5.41 Å². The molecular weight excluding hydrogens is 196 g/mol. The molecule has 0 amide bonds. The zero-order chi connectivity index (χ0) is 12.1. The van der Waals surface area contributed by atoms with E-state index in [0.717, 1.165) is 5.57 Å². The first-order chi connectivity index (χ1) is 6.84. The van der Waals surface area contributed by atoms with Gasteiger partial charge >= 0.3 is 11.9 Å². The van der Waals surface area contributed by atoms with E-state index in [-0.39, 0.29) is 13.0 Å². The van der Waals surface area contributed by atoms with Crippen molar-refractivity contribution in [1.82, 2.24) is 0 Å². The maximum absolute atomic E-state index is 11.5. The smallest absolute Gasteiger partial charge is 0.323 e. The number of hydrogen-bond acceptors (Lipinski definition) is 3. The molecule has 0 heterocycles. The molecule has 0 spiro atoms. The molecule has 86 valence electrons. The lowest BCUT2D eigenvalue weighted by atomic mass is 9.86. The molecule has 4 nitrogen and oxygen atoms in total. The summed E-state index contributed by atoms with van der Waals surface area (Å²) in [5, 5.41) is 9.01. The van der Waals surface area contributed by atoms with E-state index in [1.165, 1.54) is 6.92 Å². The molecule has 0 aromatic rings. The monoisotopic (exact) mass is 214 g/mol. The van der Waals surface area contributed by atoms with Crippen molar-refractivity contribution in [3.05, 3.63) is 11.6 Å². The second kappa shape index (κ2) is 5.53. The zero-order valence-corrected chi connectivity index (χ0v) is 9.66. The van der Waals surface area contributed by atoms with Crippen LogP contribution in [0.15, 0.2) is 11.6 Å². The van der Waals surface area contributed by atoms with Crippen molar-refractivity contribution < 1.29 is 19.4 Å². The van der Waals surface area contributed by atoms with E-state index < -0.39 is 17.4 Å². The number of aliphatic carboxylic acids is 1. The van der Waals surface area contributed by atoms with Crippen LogP contribution in [0.3, 0.4) is 0 Å².